The third kappa shape index (κ3) is 5.04. The van der Waals surface area contributed by atoms with Gasteiger partial charge in [-0.25, -0.2) is 0 Å². The van der Waals surface area contributed by atoms with Crippen LogP contribution < -0.4 is 4.90 Å². The highest BCUT2D eigenvalue weighted by Gasteiger charge is 2.51. The molecule has 1 nitrogen and oxygen atoms in total. The molecule has 5 aliphatic rings. The van der Waals surface area contributed by atoms with Crippen molar-refractivity contribution in [2.24, 2.45) is 17.8 Å². The lowest BCUT2D eigenvalue weighted by molar-refractivity contribution is -0.00518. The largest absolute Gasteiger partial charge is 0.310 e. The first kappa shape index (κ1) is 32.1. The zero-order valence-corrected chi connectivity index (χ0v) is 31.4. The molecule has 0 unspecified atom stereocenters. The van der Waals surface area contributed by atoms with E-state index >= 15 is 0 Å². The standard InChI is InChI=1S/C53H47N/c1-52(2)50-13-6-5-11-48(50)49-27-26-45(31-51(49)52)54(44-24-18-41(19-25-44)47-12-7-9-40-8-3-4-10-46(40)47)43-22-16-39(17-23-43)38-14-20-42(21-15-38)53-32-35-28-36(33-53)30-37(29-35)34-53/h3-27,31,35-37H,28-30,32-34H2,1-2H3. The quantitative estimate of drug-likeness (QED) is 0.167. The van der Waals surface area contributed by atoms with Crippen LogP contribution in [0.4, 0.5) is 17.1 Å². The van der Waals surface area contributed by atoms with Crippen molar-refractivity contribution < 1.29 is 0 Å². The Morgan fingerprint density at radius 1 is 0.444 bits per heavy atom. The molecule has 5 aliphatic carbocycles. The third-order valence-electron chi connectivity index (χ3n) is 14.0. The molecule has 12 rings (SSSR count). The molecule has 0 radical (unpaired) electrons. The fourth-order valence-electron chi connectivity index (χ4n) is 11.8. The van der Waals surface area contributed by atoms with Gasteiger partial charge in [-0.3, -0.25) is 0 Å². The maximum absolute atomic E-state index is 2.48. The minimum atomic E-state index is -0.0714. The van der Waals surface area contributed by atoms with Gasteiger partial charge >= 0.3 is 0 Å². The SMILES string of the molecule is CC1(C)c2ccccc2-c2ccc(N(c3ccc(-c4ccc(C56CC7CC(CC(C7)C5)C6)cc4)cc3)c3ccc(-c4cccc5ccccc45)cc3)cc21. The van der Waals surface area contributed by atoms with Gasteiger partial charge < -0.3 is 4.90 Å². The highest BCUT2D eigenvalue weighted by molar-refractivity contribution is 5.97. The Bertz CT molecular complexity index is 2500. The summed E-state index contributed by atoms with van der Waals surface area (Å²) in [5, 5.41) is 2.55. The summed E-state index contributed by atoms with van der Waals surface area (Å²) in [6.07, 6.45) is 8.72. The third-order valence-corrected chi connectivity index (χ3v) is 14.0. The Balaban J connectivity index is 0.957. The van der Waals surface area contributed by atoms with Gasteiger partial charge in [0.15, 0.2) is 0 Å². The van der Waals surface area contributed by atoms with Gasteiger partial charge in [-0.2, -0.15) is 0 Å². The van der Waals surface area contributed by atoms with Crippen molar-refractivity contribution in [3.8, 4) is 33.4 Å². The normalized spacial score (nSPS) is 23.0. The van der Waals surface area contributed by atoms with E-state index in [4.69, 9.17) is 0 Å². The zero-order valence-electron chi connectivity index (χ0n) is 31.4. The van der Waals surface area contributed by atoms with Gasteiger partial charge in [0.25, 0.3) is 0 Å². The maximum atomic E-state index is 2.48. The van der Waals surface area contributed by atoms with Crippen LogP contribution in [0.1, 0.15) is 69.1 Å². The van der Waals surface area contributed by atoms with E-state index in [0.717, 1.165) is 29.1 Å². The molecule has 0 aromatic heterocycles. The van der Waals surface area contributed by atoms with E-state index in [2.05, 4.69) is 176 Å². The predicted octanol–water partition coefficient (Wildman–Crippen LogP) is 14.4. The van der Waals surface area contributed by atoms with Crippen molar-refractivity contribution in [2.75, 3.05) is 4.90 Å². The van der Waals surface area contributed by atoms with E-state index in [0.29, 0.717) is 5.41 Å². The van der Waals surface area contributed by atoms with Crippen LogP contribution in [0.2, 0.25) is 0 Å². The topological polar surface area (TPSA) is 3.24 Å². The number of hydrogen-bond donors (Lipinski definition) is 0. The van der Waals surface area contributed by atoms with E-state index in [1.54, 1.807) is 5.56 Å². The monoisotopic (exact) mass is 697 g/mol. The fraction of sp³-hybridized carbons (Fsp3) is 0.245. The van der Waals surface area contributed by atoms with Crippen molar-refractivity contribution in [1.82, 2.24) is 0 Å². The summed E-state index contributed by atoms with van der Waals surface area (Å²) in [4.78, 5) is 2.44. The molecule has 0 heterocycles. The molecule has 0 spiro atoms. The minimum Gasteiger partial charge on any atom is -0.310 e. The zero-order chi connectivity index (χ0) is 36.0. The van der Waals surface area contributed by atoms with Crippen molar-refractivity contribution in [3.05, 3.63) is 174 Å². The number of rotatable bonds is 6. The molecule has 4 fully saturated rings. The summed E-state index contributed by atoms with van der Waals surface area (Å²) in [5.41, 5.74) is 16.0. The summed E-state index contributed by atoms with van der Waals surface area (Å²) in [6.45, 7) is 4.74. The molecule has 0 N–H and O–H groups in total. The Kier molecular flexibility index (Phi) is 7.16. The average Bonchev–Trinajstić information content (AvgIpc) is 3.43. The summed E-state index contributed by atoms with van der Waals surface area (Å²) >= 11 is 0. The molecule has 0 atom stereocenters. The van der Waals surface area contributed by atoms with E-state index in [9.17, 15) is 0 Å². The lowest BCUT2D eigenvalue weighted by Crippen LogP contribution is -2.48. The number of benzene rings is 7. The van der Waals surface area contributed by atoms with Gasteiger partial charge in [0, 0.05) is 22.5 Å². The first-order chi connectivity index (χ1) is 26.4. The maximum Gasteiger partial charge on any atom is 0.0465 e. The molecular weight excluding hydrogens is 651 g/mol. The molecule has 7 aromatic rings. The molecule has 54 heavy (non-hydrogen) atoms. The number of hydrogen-bond acceptors (Lipinski definition) is 1. The average molecular weight is 698 g/mol. The van der Waals surface area contributed by atoms with Crippen molar-refractivity contribution in [3.63, 3.8) is 0 Å². The van der Waals surface area contributed by atoms with Crippen LogP contribution in [0.3, 0.4) is 0 Å². The van der Waals surface area contributed by atoms with Gasteiger partial charge in [0.1, 0.15) is 0 Å². The number of nitrogens with zero attached hydrogens (tertiary/aromatic N) is 1. The first-order valence-corrected chi connectivity index (χ1v) is 20.3. The van der Waals surface area contributed by atoms with Crippen LogP contribution in [0, 0.1) is 17.8 Å². The highest BCUT2D eigenvalue weighted by atomic mass is 15.1. The van der Waals surface area contributed by atoms with E-state index in [-0.39, 0.29) is 5.41 Å². The molecule has 7 aromatic carbocycles. The van der Waals surface area contributed by atoms with Gasteiger partial charge in [0.2, 0.25) is 0 Å². The van der Waals surface area contributed by atoms with Crippen molar-refractivity contribution in [1.29, 1.82) is 0 Å². The molecule has 0 aliphatic heterocycles. The molecule has 264 valence electrons. The molecule has 0 saturated heterocycles. The van der Waals surface area contributed by atoms with Crippen LogP contribution >= 0.6 is 0 Å². The Morgan fingerprint density at radius 3 is 1.65 bits per heavy atom. The minimum absolute atomic E-state index is 0.0714. The molecule has 4 bridgehead atoms. The summed E-state index contributed by atoms with van der Waals surface area (Å²) < 4.78 is 0. The van der Waals surface area contributed by atoms with Gasteiger partial charge in [0.05, 0.1) is 0 Å². The lowest BCUT2D eigenvalue weighted by Gasteiger charge is -2.57. The highest BCUT2D eigenvalue weighted by Crippen LogP contribution is 2.61. The Hall–Kier alpha value is -5.40. The summed E-state index contributed by atoms with van der Waals surface area (Å²) in [5.74, 6) is 2.90. The van der Waals surface area contributed by atoms with Crippen molar-refractivity contribution in [2.45, 2.75) is 63.2 Å². The van der Waals surface area contributed by atoms with E-state index < -0.39 is 0 Å². The first-order valence-electron chi connectivity index (χ1n) is 20.3. The number of fused-ring (bicyclic) bond motifs is 4. The van der Waals surface area contributed by atoms with Gasteiger partial charge in [-0.1, -0.05) is 135 Å². The molecular formula is C53H47N. The van der Waals surface area contributed by atoms with E-state index in [1.807, 2.05) is 0 Å². The van der Waals surface area contributed by atoms with E-state index in [1.165, 1.54) is 99.5 Å². The fourth-order valence-corrected chi connectivity index (χ4v) is 11.8. The second-order valence-corrected chi connectivity index (χ2v) is 17.6. The van der Waals surface area contributed by atoms with Crippen LogP contribution in [-0.2, 0) is 10.8 Å². The van der Waals surface area contributed by atoms with Crippen LogP contribution in [-0.4, -0.2) is 0 Å². The van der Waals surface area contributed by atoms with Gasteiger partial charge in [-0.15, -0.1) is 0 Å². The Morgan fingerprint density at radius 2 is 0.963 bits per heavy atom. The second kappa shape index (κ2) is 12.1. The lowest BCUT2D eigenvalue weighted by atomic mass is 9.48. The predicted molar refractivity (Wildman–Crippen MR) is 227 cm³/mol. The van der Waals surface area contributed by atoms with Crippen LogP contribution in [0.5, 0.6) is 0 Å². The van der Waals surface area contributed by atoms with Crippen LogP contribution in [0.15, 0.2) is 158 Å². The number of anilines is 3. The smallest absolute Gasteiger partial charge is 0.0465 e. The Labute approximate surface area is 320 Å². The second-order valence-electron chi connectivity index (χ2n) is 17.6. The van der Waals surface area contributed by atoms with Crippen molar-refractivity contribution >= 4 is 27.8 Å². The molecule has 1 heteroatoms. The summed E-state index contributed by atoms with van der Waals surface area (Å²) in [7, 11) is 0. The van der Waals surface area contributed by atoms with Crippen LogP contribution in [0.25, 0.3) is 44.2 Å². The van der Waals surface area contributed by atoms with Gasteiger partial charge in [-0.05, 0) is 159 Å². The molecule has 0 amide bonds. The molecule has 4 saturated carbocycles. The summed E-state index contributed by atoms with van der Waals surface area (Å²) in [6, 6.07) is 59.5.